The molecule has 1 saturated heterocycles. The smallest absolute Gasteiger partial charge is 0.336 e. The minimum absolute atomic E-state index is 0.332. The average molecular weight is 341 g/mol. The third-order valence-corrected chi connectivity index (χ3v) is 4.66. The molecule has 2 heterocycles. The van der Waals surface area contributed by atoms with Crippen molar-refractivity contribution in [3.05, 3.63) is 59.3 Å². The van der Waals surface area contributed by atoms with E-state index in [1.165, 1.54) is 11.1 Å². The van der Waals surface area contributed by atoms with Gasteiger partial charge in [0, 0.05) is 31.7 Å². The first-order chi connectivity index (χ1) is 12.1. The molecule has 25 heavy (non-hydrogen) atoms. The summed E-state index contributed by atoms with van der Waals surface area (Å²) in [5, 5.41) is 9.46. The highest BCUT2D eigenvalue weighted by Gasteiger charge is 2.42. The lowest BCUT2D eigenvalue weighted by Crippen LogP contribution is -2.40. The van der Waals surface area contributed by atoms with Gasteiger partial charge in [-0.3, -0.25) is 0 Å². The van der Waals surface area contributed by atoms with Gasteiger partial charge >= 0.3 is 5.97 Å². The SMILES string of the molecule is Cc1ccccc1CCOc1ccc(CC2(C(=O)O)CCCO2)cn1. The Bertz CT molecular complexity index is 721. The zero-order chi connectivity index (χ0) is 17.7. The van der Waals surface area contributed by atoms with Crippen molar-refractivity contribution in [1.29, 1.82) is 0 Å². The number of pyridine rings is 1. The zero-order valence-corrected chi connectivity index (χ0v) is 14.4. The first-order valence-corrected chi connectivity index (χ1v) is 8.59. The molecule has 0 aliphatic carbocycles. The molecule has 1 atom stereocenters. The standard InChI is InChI=1S/C20H23NO4/c1-15-5-2-3-6-17(15)9-12-24-18-8-7-16(14-21-18)13-20(19(22)23)10-4-11-25-20/h2-3,5-8,14H,4,9-13H2,1H3,(H,22,23). The van der Waals surface area contributed by atoms with Crippen molar-refractivity contribution in [2.45, 2.75) is 38.2 Å². The summed E-state index contributed by atoms with van der Waals surface area (Å²) >= 11 is 0. The topological polar surface area (TPSA) is 68.7 Å². The quantitative estimate of drug-likeness (QED) is 0.838. The second kappa shape index (κ2) is 7.66. The monoisotopic (exact) mass is 341 g/mol. The number of ether oxygens (including phenoxy) is 2. The Morgan fingerprint density at radius 3 is 2.80 bits per heavy atom. The van der Waals surface area contributed by atoms with E-state index >= 15 is 0 Å². The fourth-order valence-corrected chi connectivity index (χ4v) is 3.17. The Morgan fingerprint density at radius 2 is 2.16 bits per heavy atom. The highest BCUT2D eigenvalue weighted by molar-refractivity contribution is 5.78. The van der Waals surface area contributed by atoms with Gasteiger partial charge in [-0.05, 0) is 36.5 Å². The molecule has 0 radical (unpaired) electrons. The second-order valence-electron chi connectivity index (χ2n) is 6.46. The number of aryl methyl sites for hydroxylation is 1. The normalized spacial score (nSPS) is 19.7. The van der Waals surface area contributed by atoms with Gasteiger partial charge in [-0.25, -0.2) is 9.78 Å². The molecule has 1 N–H and O–H groups in total. The van der Waals surface area contributed by atoms with Crippen LogP contribution in [0.5, 0.6) is 5.88 Å². The van der Waals surface area contributed by atoms with Crippen LogP contribution in [0.1, 0.15) is 29.5 Å². The van der Waals surface area contributed by atoms with Crippen LogP contribution in [0.15, 0.2) is 42.6 Å². The molecule has 1 fully saturated rings. The summed E-state index contributed by atoms with van der Waals surface area (Å²) in [6, 6.07) is 11.9. The molecule has 5 heteroatoms. The Morgan fingerprint density at radius 1 is 1.32 bits per heavy atom. The van der Waals surface area contributed by atoms with Gasteiger partial charge in [0.05, 0.1) is 6.61 Å². The van der Waals surface area contributed by atoms with E-state index in [0.29, 0.717) is 31.9 Å². The van der Waals surface area contributed by atoms with Gasteiger partial charge in [-0.1, -0.05) is 30.3 Å². The maximum atomic E-state index is 11.5. The summed E-state index contributed by atoms with van der Waals surface area (Å²) in [6.07, 6.45) is 4.15. The van der Waals surface area contributed by atoms with Gasteiger partial charge in [0.15, 0.2) is 5.60 Å². The van der Waals surface area contributed by atoms with Crippen LogP contribution in [0.3, 0.4) is 0 Å². The lowest BCUT2D eigenvalue weighted by molar-refractivity contribution is -0.159. The molecule has 0 amide bonds. The number of hydrogen-bond acceptors (Lipinski definition) is 4. The van der Waals surface area contributed by atoms with Crippen LogP contribution in [-0.4, -0.2) is 34.9 Å². The van der Waals surface area contributed by atoms with E-state index in [-0.39, 0.29) is 0 Å². The predicted octanol–water partition coefficient (Wildman–Crippen LogP) is 3.19. The van der Waals surface area contributed by atoms with E-state index < -0.39 is 11.6 Å². The Balaban J connectivity index is 1.55. The molecule has 0 saturated carbocycles. The van der Waals surface area contributed by atoms with Crippen molar-refractivity contribution in [2.75, 3.05) is 13.2 Å². The summed E-state index contributed by atoms with van der Waals surface area (Å²) in [5.74, 6) is -0.349. The van der Waals surface area contributed by atoms with Crippen molar-refractivity contribution in [1.82, 2.24) is 4.98 Å². The average Bonchev–Trinajstić information content (AvgIpc) is 3.08. The molecule has 3 rings (SSSR count). The third kappa shape index (κ3) is 4.17. The number of carboxylic acid groups (broad SMARTS) is 1. The number of hydrogen-bond donors (Lipinski definition) is 1. The number of rotatable bonds is 7. The van der Waals surface area contributed by atoms with Crippen LogP contribution in [0, 0.1) is 6.92 Å². The van der Waals surface area contributed by atoms with Crippen molar-refractivity contribution >= 4 is 5.97 Å². The van der Waals surface area contributed by atoms with Crippen molar-refractivity contribution in [3.63, 3.8) is 0 Å². The first-order valence-electron chi connectivity index (χ1n) is 8.59. The van der Waals surface area contributed by atoms with E-state index in [2.05, 4.69) is 24.0 Å². The molecule has 5 nitrogen and oxygen atoms in total. The molecular formula is C20H23NO4. The summed E-state index contributed by atoms with van der Waals surface area (Å²) in [7, 11) is 0. The fraction of sp³-hybridized carbons (Fsp3) is 0.400. The van der Waals surface area contributed by atoms with E-state index in [1.54, 1.807) is 12.3 Å². The minimum Gasteiger partial charge on any atom is -0.479 e. The fourth-order valence-electron chi connectivity index (χ4n) is 3.17. The maximum Gasteiger partial charge on any atom is 0.336 e. The van der Waals surface area contributed by atoms with E-state index in [1.807, 2.05) is 18.2 Å². The van der Waals surface area contributed by atoms with Gasteiger partial charge in [0.1, 0.15) is 0 Å². The van der Waals surface area contributed by atoms with Gasteiger partial charge in [0.2, 0.25) is 5.88 Å². The lowest BCUT2D eigenvalue weighted by atomic mass is 9.92. The maximum absolute atomic E-state index is 11.5. The molecule has 1 aromatic heterocycles. The van der Waals surface area contributed by atoms with Crippen LogP contribution in [0.2, 0.25) is 0 Å². The largest absolute Gasteiger partial charge is 0.479 e. The van der Waals surface area contributed by atoms with Crippen molar-refractivity contribution in [2.24, 2.45) is 0 Å². The summed E-state index contributed by atoms with van der Waals surface area (Å²) < 4.78 is 11.2. The predicted molar refractivity (Wildman–Crippen MR) is 93.9 cm³/mol. The molecule has 1 aliphatic heterocycles. The minimum atomic E-state index is -1.10. The van der Waals surface area contributed by atoms with Crippen molar-refractivity contribution in [3.8, 4) is 5.88 Å². The summed E-state index contributed by atoms with van der Waals surface area (Å²) in [5.41, 5.74) is 2.26. The molecule has 1 aromatic carbocycles. The highest BCUT2D eigenvalue weighted by Crippen LogP contribution is 2.30. The molecule has 1 unspecified atom stereocenters. The van der Waals surface area contributed by atoms with E-state index in [9.17, 15) is 9.90 Å². The van der Waals surface area contributed by atoms with Crippen LogP contribution in [0.25, 0.3) is 0 Å². The van der Waals surface area contributed by atoms with Crippen LogP contribution in [0.4, 0.5) is 0 Å². The lowest BCUT2D eigenvalue weighted by Gasteiger charge is -2.23. The Hall–Kier alpha value is -2.40. The van der Waals surface area contributed by atoms with Gasteiger partial charge < -0.3 is 14.6 Å². The molecular weight excluding hydrogens is 318 g/mol. The molecule has 0 spiro atoms. The summed E-state index contributed by atoms with van der Waals surface area (Å²) in [6.45, 7) is 3.14. The number of carbonyl (C=O) groups is 1. The number of carboxylic acids is 1. The van der Waals surface area contributed by atoms with Crippen LogP contribution in [-0.2, 0) is 22.4 Å². The summed E-state index contributed by atoms with van der Waals surface area (Å²) in [4.78, 5) is 15.8. The van der Waals surface area contributed by atoms with Crippen LogP contribution < -0.4 is 4.74 Å². The van der Waals surface area contributed by atoms with E-state index in [4.69, 9.17) is 9.47 Å². The zero-order valence-electron chi connectivity index (χ0n) is 14.4. The van der Waals surface area contributed by atoms with Gasteiger partial charge in [-0.2, -0.15) is 0 Å². The first kappa shape index (κ1) is 17.4. The Labute approximate surface area is 147 Å². The third-order valence-electron chi connectivity index (χ3n) is 4.66. The second-order valence-corrected chi connectivity index (χ2v) is 6.46. The molecule has 1 aliphatic rings. The van der Waals surface area contributed by atoms with Gasteiger partial charge in [-0.15, -0.1) is 0 Å². The van der Waals surface area contributed by atoms with Crippen molar-refractivity contribution < 1.29 is 19.4 Å². The van der Waals surface area contributed by atoms with E-state index in [0.717, 1.165) is 18.4 Å². The molecule has 0 bridgehead atoms. The number of benzene rings is 1. The molecule has 2 aromatic rings. The Kier molecular flexibility index (Phi) is 5.34. The molecule has 132 valence electrons. The number of aromatic nitrogens is 1. The van der Waals surface area contributed by atoms with Gasteiger partial charge in [0.25, 0.3) is 0 Å². The number of aliphatic carboxylic acids is 1. The number of nitrogens with zero attached hydrogens (tertiary/aromatic N) is 1. The highest BCUT2D eigenvalue weighted by atomic mass is 16.5. The van der Waals surface area contributed by atoms with Crippen LogP contribution >= 0.6 is 0 Å².